The third-order valence-corrected chi connectivity index (χ3v) is 4.24. The standard InChI is InChI=1S/C18H16Cl2FNO3/c1-22(10-12-5-2-3-8-16(12)21)17(23)11-25-18(24)9-13-14(19)6-4-7-15(13)20/h2-8H,9-11H2,1H3. The van der Waals surface area contributed by atoms with E-state index < -0.39 is 24.3 Å². The molecular formula is C18H16Cl2FNO3. The summed E-state index contributed by atoms with van der Waals surface area (Å²) < 4.78 is 18.6. The monoisotopic (exact) mass is 383 g/mol. The van der Waals surface area contributed by atoms with Crippen LogP contribution >= 0.6 is 23.2 Å². The third-order valence-electron chi connectivity index (χ3n) is 3.53. The zero-order valence-electron chi connectivity index (χ0n) is 13.5. The topological polar surface area (TPSA) is 46.6 Å². The fraction of sp³-hybridized carbons (Fsp3) is 0.222. The first-order valence-corrected chi connectivity index (χ1v) is 8.20. The van der Waals surface area contributed by atoms with E-state index in [1.165, 1.54) is 18.0 Å². The smallest absolute Gasteiger partial charge is 0.310 e. The van der Waals surface area contributed by atoms with Gasteiger partial charge in [0.05, 0.1) is 6.42 Å². The molecule has 0 spiro atoms. The zero-order chi connectivity index (χ0) is 18.4. The van der Waals surface area contributed by atoms with Gasteiger partial charge in [-0.2, -0.15) is 0 Å². The van der Waals surface area contributed by atoms with E-state index in [0.717, 1.165) is 0 Å². The number of halogens is 3. The van der Waals surface area contributed by atoms with Crippen molar-refractivity contribution in [2.45, 2.75) is 13.0 Å². The van der Waals surface area contributed by atoms with Crippen LogP contribution in [0.5, 0.6) is 0 Å². The maximum atomic E-state index is 13.6. The van der Waals surface area contributed by atoms with Crippen LogP contribution in [0.25, 0.3) is 0 Å². The minimum Gasteiger partial charge on any atom is -0.455 e. The average molecular weight is 384 g/mol. The molecule has 0 saturated heterocycles. The van der Waals surface area contributed by atoms with Crippen LogP contribution in [0.1, 0.15) is 11.1 Å². The second kappa shape index (κ2) is 8.83. The highest BCUT2D eigenvalue weighted by molar-refractivity contribution is 6.36. The Bertz CT molecular complexity index is 762. The molecule has 2 aromatic carbocycles. The van der Waals surface area contributed by atoms with Gasteiger partial charge in [0, 0.05) is 34.8 Å². The lowest BCUT2D eigenvalue weighted by Crippen LogP contribution is -2.31. The number of rotatable bonds is 6. The average Bonchev–Trinajstić information content (AvgIpc) is 2.58. The molecule has 7 heteroatoms. The predicted molar refractivity (Wildman–Crippen MR) is 94.0 cm³/mol. The Hall–Kier alpha value is -2.11. The summed E-state index contributed by atoms with van der Waals surface area (Å²) in [6.07, 6.45) is -0.136. The minimum atomic E-state index is -0.623. The molecule has 0 saturated carbocycles. The first-order valence-electron chi connectivity index (χ1n) is 7.44. The van der Waals surface area contributed by atoms with Gasteiger partial charge in [-0.3, -0.25) is 9.59 Å². The Morgan fingerprint density at radius 3 is 2.36 bits per heavy atom. The molecule has 25 heavy (non-hydrogen) atoms. The molecule has 0 heterocycles. The van der Waals surface area contributed by atoms with Crippen LogP contribution in [-0.2, 0) is 27.3 Å². The number of ether oxygens (including phenoxy) is 1. The van der Waals surface area contributed by atoms with Gasteiger partial charge in [0.25, 0.3) is 5.91 Å². The number of hydrogen-bond acceptors (Lipinski definition) is 3. The number of carbonyl (C=O) groups is 2. The van der Waals surface area contributed by atoms with Gasteiger partial charge in [-0.1, -0.05) is 47.5 Å². The first kappa shape index (κ1) is 19.2. The summed E-state index contributed by atoms with van der Waals surface area (Å²) >= 11 is 12.0. The van der Waals surface area contributed by atoms with Gasteiger partial charge in [-0.25, -0.2) is 4.39 Å². The molecule has 0 bridgehead atoms. The Labute approximate surface area is 155 Å². The lowest BCUT2D eigenvalue weighted by atomic mass is 10.1. The van der Waals surface area contributed by atoms with Gasteiger partial charge < -0.3 is 9.64 Å². The van der Waals surface area contributed by atoms with Crippen molar-refractivity contribution in [2.75, 3.05) is 13.7 Å². The van der Waals surface area contributed by atoms with Crippen molar-refractivity contribution in [1.29, 1.82) is 0 Å². The van der Waals surface area contributed by atoms with Crippen molar-refractivity contribution in [1.82, 2.24) is 4.90 Å². The van der Waals surface area contributed by atoms with E-state index in [1.54, 1.807) is 36.4 Å². The Balaban J connectivity index is 1.87. The van der Waals surface area contributed by atoms with Crippen molar-refractivity contribution in [2.24, 2.45) is 0 Å². The van der Waals surface area contributed by atoms with Gasteiger partial charge in [0.15, 0.2) is 6.61 Å². The summed E-state index contributed by atoms with van der Waals surface area (Å²) in [5.74, 6) is -1.46. The molecule has 0 unspecified atom stereocenters. The predicted octanol–water partition coefficient (Wildman–Crippen LogP) is 3.88. The van der Waals surface area contributed by atoms with Gasteiger partial charge in [-0.15, -0.1) is 0 Å². The first-order chi connectivity index (χ1) is 11.9. The summed E-state index contributed by atoms with van der Waals surface area (Å²) in [7, 11) is 1.51. The van der Waals surface area contributed by atoms with E-state index in [9.17, 15) is 14.0 Å². The molecule has 0 radical (unpaired) electrons. The molecule has 0 aromatic heterocycles. The maximum Gasteiger partial charge on any atom is 0.310 e. The van der Waals surface area contributed by atoms with Crippen LogP contribution in [0, 0.1) is 5.82 Å². The lowest BCUT2D eigenvalue weighted by Gasteiger charge is -2.17. The molecule has 0 N–H and O–H groups in total. The Kier molecular flexibility index (Phi) is 6.79. The summed E-state index contributed by atoms with van der Waals surface area (Å²) in [5.41, 5.74) is 0.829. The molecule has 1 amide bonds. The van der Waals surface area contributed by atoms with Crippen molar-refractivity contribution in [3.63, 3.8) is 0 Å². The number of amides is 1. The van der Waals surface area contributed by atoms with Crippen LogP contribution in [0.3, 0.4) is 0 Å². The molecule has 0 aliphatic carbocycles. The lowest BCUT2D eigenvalue weighted by molar-refractivity contribution is -0.151. The number of esters is 1. The highest BCUT2D eigenvalue weighted by Crippen LogP contribution is 2.24. The summed E-state index contributed by atoms with van der Waals surface area (Å²) in [5, 5.41) is 0.708. The number of carbonyl (C=O) groups excluding carboxylic acids is 2. The van der Waals surface area contributed by atoms with E-state index in [0.29, 0.717) is 21.2 Å². The van der Waals surface area contributed by atoms with Crippen molar-refractivity contribution in [3.05, 3.63) is 69.5 Å². The largest absolute Gasteiger partial charge is 0.455 e. The molecule has 4 nitrogen and oxygen atoms in total. The number of benzene rings is 2. The van der Waals surface area contributed by atoms with E-state index >= 15 is 0 Å². The van der Waals surface area contributed by atoms with Gasteiger partial charge >= 0.3 is 5.97 Å². The molecule has 2 aromatic rings. The molecule has 0 aliphatic heterocycles. The minimum absolute atomic E-state index is 0.0827. The summed E-state index contributed by atoms with van der Waals surface area (Å²) in [6, 6.07) is 11.1. The van der Waals surface area contributed by atoms with E-state index in [-0.39, 0.29) is 13.0 Å². The van der Waals surface area contributed by atoms with Crippen LogP contribution in [-0.4, -0.2) is 30.4 Å². The third kappa shape index (κ3) is 5.44. The molecular weight excluding hydrogens is 368 g/mol. The number of hydrogen-bond donors (Lipinski definition) is 0. The van der Waals surface area contributed by atoms with E-state index in [2.05, 4.69) is 0 Å². The van der Waals surface area contributed by atoms with Gasteiger partial charge in [0.2, 0.25) is 0 Å². The van der Waals surface area contributed by atoms with Gasteiger partial charge in [0.1, 0.15) is 5.82 Å². The number of likely N-dealkylation sites (N-methyl/N-ethyl adjacent to an activating group) is 1. The Morgan fingerprint density at radius 2 is 1.72 bits per heavy atom. The highest BCUT2D eigenvalue weighted by atomic mass is 35.5. The molecule has 0 aliphatic rings. The summed E-state index contributed by atoms with van der Waals surface area (Å²) in [4.78, 5) is 25.2. The van der Waals surface area contributed by atoms with Crippen molar-refractivity contribution >= 4 is 35.1 Å². The van der Waals surface area contributed by atoms with E-state index in [1.807, 2.05) is 0 Å². The maximum absolute atomic E-state index is 13.6. The SMILES string of the molecule is CN(Cc1ccccc1F)C(=O)COC(=O)Cc1c(Cl)cccc1Cl. The fourth-order valence-electron chi connectivity index (χ4n) is 2.12. The van der Waals surface area contributed by atoms with E-state index in [4.69, 9.17) is 27.9 Å². The van der Waals surface area contributed by atoms with Crippen LogP contribution in [0.15, 0.2) is 42.5 Å². The molecule has 0 atom stereocenters. The van der Waals surface area contributed by atoms with Crippen molar-refractivity contribution in [3.8, 4) is 0 Å². The van der Waals surface area contributed by atoms with Crippen LogP contribution in [0.2, 0.25) is 10.0 Å². The molecule has 2 rings (SSSR count). The molecule has 132 valence electrons. The quantitative estimate of drug-likeness (QED) is 0.711. The molecule has 0 fully saturated rings. The van der Waals surface area contributed by atoms with Gasteiger partial charge in [-0.05, 0) is 18.2 Å². The van der Waals surface area contributed by atoms with Crippen molar-refractivity contribution < 1.29 is 18.7 Å². The second-order valence-electron chi connectivity index (χ2n) is 5.38. The second-order valence-corrected chi connectivity index (χ2v) is 6.19. The van der Waals surface area contributed by atoms with Crippen LogP contribution < -0.4 is 0 Å². The number of nitrogens with zero attached hydrogens (tertiary/aromatic N) is 1. The Morgan fingerprint density at radius 1 is 1.08 bits per heavy atom. The highest BCUT2D eigenvalue weighted by Gasteiger charge is 2.16. The fourth-order valence-corrected chi connectivity index (χ4v) is 2.65. The normalized spacial score (nSPS) is 10.4. The van der Waals surface area contributed by atoms with Crippen LogP contribution in [0.4, 0.5) is 4.39 Å². The summed E-state index contributed by atoms with van der Waals surface area (Å²) in [6.45, 7) is -0.356. The zero-order valence-corrected chi connectivity index (χ0v) is 15.0.